The highest BCUT2D eigenvalue weighted by molar-refractivity contribution is 14.0. The Kier molecular flexibility index (Phi) is 10.3. The standard InChI is InChI=1S/C19H25ClFN5OS.HI/c1-12-16(28-11-26-12)17(27)23-7-8-24-18(22-4)25-10-19(2,3)14-6-5-13(21)9-15(14)20;/h5-6,9,11H,7-8,10H2,1-4H3,(H,23,27)(H2,22,24,25);1H. The molecule has 0 spiro atoms. The molecule has 0 aliphatic heterocycles. The van der Waals surface area contributed by atoms with E-state index in [1.165, 1.54) is 23.5 Å². The fourth-order valence-electron chi connectivity index (χ4n) is 2.62. The molecule has 160 valence electrons. The highest BCUT2D eigenvalue weighted by Gasteiger charge is 2.24. The molecule has 0 fully saturated rings. The zero-order chi connectivity index (χ0) is 20.7. The van der Waals surface area contributed by atoms with Crippen molar-refractivity contribution in [2.24, 2.45) is 4.99 Å². The van der Waals surface area contributed by atoms with Crippen LogP contribution in [0.5, 0.6) is 0 Å². The van der Waals surface area contributed by atoms with Gasteiger partial charge < -0.3 is 16.0 Å². The number of benzene rings is 1. The van der Waals surface area contributed by atoms with Crippen LogP contribution in [0.2, 0.25) is 5.02 Å². The van der Waals surface area contributed by atoms with Gasteiger partial charge in [0.1, 0.15) is 10.7 Å². The molecule has 0 atom stereocenters. The molecule has 2 rings (SSSR count). The number of thiazole rings is 1. The van der Waals surface area contributed by atoms with Gasteiger partial charge in [-0.1, -0.05) is 31.5 Å². The smallest absolute Gasteiger partial charge is 0.263 e. The molecule has 0 radical (unpaired) electrons. The van der Waals surface area contributed by atoms with Gasteiger partial charge in [-0.15, -0.1) is 35.3 Å². The number of nitrogens with one attached hydrogen (secondary N) is 3. The van der Waals surface area contributed by atoms with Crippen LogP contribution in [0.15, 0.2) is 28.7 Å². The second-order valence-corrected chi connectivity index (χ2v) is 8.15. The first-order valence-electron chi connectivity index (χ1n) is 8.83. The average molecular weight is 554 g/mol. The van der Waals surface area contributed by atoms with E-state index in [4.69, 9.17) is 11.6 Å². The summed E-state index contributed by atoms with van der Waals surface area (Å²) in [4.78, 5) is 20.9. The molecule has 0 saturated carbocycles. The number of halogens is 3. The summed E-state index contributed by atoms with van der Waals surface area (Å²) >= 11 is 7.51. The Morgan fingerprint density at radius 2 is 1.97 bits per heavy atom. The third kappa shape index (κ3) is 7.38. The van der Waals surface area contributed by atoms with E-state index in [0.717, 1.165) is 11.3 Å². The molecule has 0 saturated heterocycles. The van der Waals surface area contributed by atoms with Crippen molar-refractivity contribution in [2.45, 2.75) is 26.2 Å². The first kappa shape index (κ1) is 25.6. The van der Waals surface area contributed by atoms with Crippen LogP contribution in [0.25, 0.3) is 0 Å². The van der Waals surface area contributed by atoms with Crippen LogP contribution >= 0.6 is 46.9 Å². The highest BCUT2D eigenvalue weighted by atomic mass is 127. The number of guanidine groups is 1. The van der Waals surface area contributed by atoms with Gasteiger partial charge >= 0.3 is 0 Å². The molecule has 1 amide bonds. The summed E-state index contributed by atoms with van der Waals surface area (Å²) < 4.78 is 13.3. The van der Waals surface area contributed by atoms with Gasteiger partial charge in [-0.25, -0.2) is 9.37 Å². The van der Waals surface area contributed by atoms with Gasteiger partial charge in [0.25, 0.3) is 5.91 Å². The maximum absolute atomic E-state index is 13.3. The molecule has 3 N–H and O–H groups in total. The zero-order valence-corrected chi connectivity index (χ0v) is 20.7. The Morgan fingerprint density at radius 3 is 2.55 bits per heavy atom. The SMILES string of the molecule is CN=C(NCCNC(=O)c1scnc1C)NCC(C)(C)c1ccc(F)cc1Cl.I. The lowest BCUT2D eigenvalue weighted by Gasteiger charge is -2.27. The Morgan fingerprint density at radius 1 is 1.28 bits per heavy atom. The number of carbonyl (C=O) groups excluding carboxylic acids is 1. The molecule has 0 bridgehead atoms. The number of hydrogen-bond donors (Lipinski definition) is 3. The molecule has 1 aromatic carbocycles. The molecule has 1 aromatic heterocycles. The maximum atomic E-state index is 13.3. The van der Waals surface area contributed by atoms with Crippen LogP contribution in [-0.2, 0) is 5.41 Å². The number of aliphatic imine (C=N–C) groups is 1. The van der Waals surface area contributed by atoms with Crippen molar-refractivity contribution in [3.63, 3.8) is 0 Å². The quantitative estimate of drug-likeness (QED) is 0.211. The Balaban J connectivity index is 0.00000420. The van der Waals surface area contributed by atoms with Crippen LogP contribution in [0.1, 0.15) is 34.8 Å². The lowest BCUT2D eigenvalue weighted by Crippen LogP contribution is -2.45. The van der Waals surface area contributed by atoms with E-state index in [-0.39, 0.29) is 41.1 Å². The van der Waals surface area contributed by atoms with Crippen molar-refractivity contribution in [3.8, 4) is 0 Å². The van der Waals surface area contributed by atoms with Crippen molar-refractivity contribution in [2.75, 3.05) is 26.7 Å². The van der Waals surface area contributed by atoms with Crippen LogP contribution in [0.3, 0.4) is 0 Å². The van der Waals surface area contributed by atoms with E-state index in [1.54, 1.807) is 18.6 Å². The minimum absolute atomic E-state index is 0. The van der Waals surface area contributed by atoms with E-state index < -0.39 is 0 Å². The number of rotatable bonds is 7. The van der Waals surface area contributed by atoms with E-state index in [2.05, 4.69) is 25.9 Å². The molecule has 1 heterocycles. The van der Waals surface area contributed by atoms with Crippen molar-refractivity contribution >= 4 is 58.8 Å². The first-order chi connectivity index (χ1) is 13.2. The Hall–Kier alpha value is -1.46. The monoisotopic (exact) mass is 553 g/mol. The number of amides is 1. The zero-order valence-electron chi connectivity index (χ0n) is 16.8. The van der Waals surface area contributed by atoms with Gasteiger partial charge in [-0.3, -0.25) is 9.79 Å². The molecule has 6 nitrogen and oxygen atoms in total. The number of aromatic nitrogens is 1. The topological polar surface area (TPSA) is 78.4 Å². The predicted molar refractivity (Wildman–Crippen MR) is 128 cm³/mol. The third-order valence-corrected chi connectivity index (χ3v) is 5.48. The molecule has 29 heavy (non-hydrogen) atoms. The van der Waals surface area contributed by atoms with E-state index in [9.17, 15) is 9.18 Å². The first-order valence-corrected chi connectivity index (χ1v) is 10.1. The largest absolute Gasteiger partial charge is 0.356 e. The van der Waals surface area contributed by atoms with Crippen molar-refractivity contribution < 1.29 is 9.18 Å². The Labute approximate surface area is 196 Å². The fourth-order valence-corrected chi connectivity index (χ4v) is 3.76. The second kappa shape index (κ2) is 11.7. The number of aryl methyl sites for hydroxylation is 1. The molecule has 0 aliphatic carbocycles. The number of nitrogens with zero attached hydrogens (tertiary/aromatic N) is 2. The highest BCUT2D eigenvalue weighted by Crippen LogP contribution is 2.29. The van der Waals surface area contributed by atoms with Crippen LogP contribution in [0, 0.1) is 12.7 Å². The number of hydrogen-bond acceptors (Lipinski definition) is 4. The third-order valence-electron chi connectivity index (χ3n) is 4.24. The van der Waals surface area contributed by atoms with Crippen molar-refractivity contribution in [3.05, 3.63) is 50.7 Å². The maximum Gasteiger partial charge on any atom is 0.263 e. The minimum Gasteiger partial charge on any atom is -0.356 e. The molecule has 10 heteroatoms. The van der Waals surface area contributed by atoms with E-state index >= 15 is 0 Å². The summed E-state index contributed by atoms with van der Waals surface area (Å²) in [5, 5.41) is 9.64. The molecule has 0 unspecified atom stereocenters. The lowest BCUT2D eigenvalue weighted by molar-refractivity contribution is 0.0957. The normalized spacial score (nSPS) is 11.6. The van der Waals surface area contributed by atoms with Crippen LogP contribution < -0.4 is 16.0 Å². The van der Waals surface area contributed by atoms with Crippen LogP contribution in [0.4, 0.5) is 4.39 Å². The average Bonchev–Trinajstić information content (AvgIpc) is 3.06. The van der Waals surface area contributed by atoms with Gasteiger partial charge in [-0.05, 0) is 24.6 Å². The summed E-state index contributed by atoms with van der Waals surface area (Å²) in [7, 11) is 1.67. The van der Waals surface area contributed by atoms with Gasteiger partial charge in [0, 0.05) is 37.1 Å². The predicted octanol–water partition coefficient (Wildman–Crippen LogP) is 3.73. The van der Waals surface area contributed by atoms with E-state index in [0.29, 0.717) is 35.5 Å². The molecular weight excluding hydrogens is 528 g/mol. The van der Waals surface area contributed by atoms with E-state index in [1.807, 2.05) is 20.8 Å². The van der Waals surface area contributed by atoms with Gasteiger partial charge in [-0.2, -0.15) is 0 Å². The summed E-state index contributed by atoms with van der Waals surface area (Å²) in [6, 6.07) is 4.43. The summed E-state index contributed by atoms with van der Waals surface area (Å²) in [5.74, 6) is 0.122. The summed E-state index contributed by atoms with van der Waals surface area (Å²) in [6.07, 6.45) is 0. The minimum atomic E-state index is -0.356. The second-order valence-electron chi connectivity index (χ2n) is 6.88. The molecule has 2 aromatic rings. The van der Waals surface area contributed by atoms with Gasteiger partial charge in [0.2, 0.25) is 0 Å². The van der Waals surface area contributed by atoms with Crippen LogP contribution in [-0.4, -0.2) is 43.5 Å². The van der Waals surface area contributed by atoms with Gasteiger partial charge in [0.15, 0.2) is 5.96 Å². The fraction of sp³-hybridized carbons (Fsp3) is 0.421. The van der Waals surface area contributed by atoms with Crippen molar-refractivity contribution in [1.29, 1.82) is 0 Å². The summed E-state index contributed by atoms with van der Waals surface area (Å²) in [6.45, 7) is 7.36. The lowest BCUT2D eigenvalue weighted by atomic mass is 9.84. The molecular formula is C19H26ClFIN5OS. The van der Waals surface area contributed by atoms with Gasteiger partial charge in [0.05, 0.1) is 11.2 Å². The number of carbonyl (C=O) groups is 1. The Bertz CT molecular complexity index is 859. The summed E-state index contributed by atoms with van der Waals surface area (Å²) in [5.41, 5.74) is 2.91. The molecule has 0 aliphatic rings. The van der Waals surface area contributed by atoms with Crippen molar-refractivity contribution in [1.82, 2.24) is 20.9 Å².